The van der Waals surface area contributed by atoms with Crippen molar-refractivity contribution in [2.45, 2.75) is 6.92 Å². The quantitative estimate of drug-likeness (QED) is 0.496. The number of nitrogens with one attached hydrogen (secondary N) is 3. The zero-order valence-electron chi connectivity index (χ0n) is 8.87. The molecule has 0 unspecified atom stereocenters. The fourth-order valence-electron chi connectivity index (χ4n) is 1.44. The Labute approximate surface area is 123 Å². The molecular weight excluding hydrogens is 249 g/mol. The molecule has 1 aromatic heterocycles. The molecule has 0 fully saturated rings. The Morgan fingerprint density at radius 2 is 1.89 bits per heavy atom. The normalized spacial score (nSPS) is 9.61. The zero-order valence-corrected chi connectivity index (χ0v) is 8.87. The summed E-state index contributed by atoms with van der Waals surface area (Å²) < 4.78 is 0. The molecule has 0 spiro atoms. The molecule has 0 atom stereocenters. The Kier molecular flexibility index (Phi) is 4.71. The van der Waals surface area contributed by atoms with Gasteiger partial charge in [0.15, 0.2) is 0 Å². The minimum absolute atomic E-state index is 0. The number of fused-ring (bicyclic) bond motifs is 1. The molecule has 0 amide bonds. The monoisotopic (exact) mass is 259 g/mol. The van der Waals surface area contributed by atoms with E-state index in [4.69, 9.17) is 0 Å². The standard InChI is InChI=1S/C10H9N3O4.Na.H/c1-5(14)17-13-7-4-2-3-6-8(7)10(16)12-11-9(6)15;;/h2-4,13H,1H3,(H,11,15)(H,12,16);;. The molecule has 7 nitrogen and oxygen atoms in total. The van der Waals surface area contributed by atoms with E-state index < -0.39 is 17.1 Å². The van der Waals surface area contributed by atoms with Crippen molar-refractivity contribution in [3.05, 3.63) is 38.9 Å². The van der Waals surface area contributed by atoms with E-state index in [0.29, 0.717) is 0 Å². The Morgan fingerprint density at radius 1 is 1.22 bits per heavy atom. The van der Waals surface area contributed by atoms with Crippen LogP contribution in [-0.4, -0.2) is 45.7 Å². The van der Waals surface area contributed by atoms with Crippen LogP contribution in [0.1, 0.15) is 6.92 Å². The number of anilines is 1. The molecule has 18 heavy (non-hydrogen) atoms. The Hall–Kier alpha value is -1.57. The van der Waals surface area contributed by atoms with E-state index in [1.54, 1.807) is 6.07 Å². The van der Waals surface area contributed by atoms with Gasteiger partial charge in [-0.05, 0) is 12.1 Å². The number of aromatic nitrogens is 2. The van der Waals surface area contributed by atoms with Gasteiger partial charge in [0.25, 0.3) is 11.1 Å². The third-order valence-electron chi connectivity index (χ3n) is 2.13. The Morgan fingerprint density at radius 3 is 2.56 bits per heavy atom. The van der Waals surface area contributed by atoms with Crippen LogP contribution in [0.4, 0.5) is 5.69 Å². The molecule has 0 saturated heterocycles. The van der Waals surface area contributed by atoms with Crippen LogP contribution in [0.2, 0.25) is 0 Å². The molecule has 1 aromatic carbocycles. The van der Waals surface area contributed by atoms with Gasteiger partial charge in [-0.15, -0.1) is 0 Å². The number of hydrogen-bond donors (Lipinski definition) is 3. The first-order valence-corrected chi connectivity index (χ1v) is 4.76. The molecule has 0 radical (unpaired) electrons. The SMILES string of the molecule is CC(=O)ONc1cccc2c(=O)[nH][nH]c(=O)c12.[NaH]. The number of benzene rings is 1. The fourth-order valence-corrected chi connectivity index (χ4v) is 1.44. The van der Waals surface area contributed by atoms with E-state index in [0.717, 1.165) is 0 Å². The van der Waals surface area contributed by atoms with Crippen molar-refractivity contribution in [3.63, 3.8) is 0 Å². The molecule has 0 aliphatic rings. The van der Waals surface area contributed by atoms with Crippen LogP contribution < -0.4 is 16.6 Å². The van der Waals surface area contributed by atoms with Crippen LogP contribution in [0, 0.1) is 0 Å². The molecule has 0 aliphatic carbocycles. The van der Waals surface area contributed by atoms with E-state index in [-0.39, 0.29) is 46.0 Å². The van der Waals surface area contributed by atoms with Crippen molar-refractivity contribution >= 4 is 52.0 Å². The molecule has 1 heterocycles. The summed E-state index contributed by atoms with van der Waals surface area (Å²) >= 11 is 0. The van der Waals surface area contributed by atoms with E-state index in [1.165, 1.54) is 19.1 Å². The number of carbonyl (C=O) groups excluding carboxylic acids is 1. The predicted octanol–water partition coefficient (Wildman–Crippen LogP) is -0.542. The summed E-state index contributed by atoms with van der Waals surface area (Å²) in [6.45, 7) is 1.22. The van der Waals surface area contributed by atoms with E-state index >= 15 is 0 Å². The first-order chi connectivity index (χ1) is 8.09. The van der Waals surface area contributed by atoms with Gasteiger partial charge >= 0.3 is 35.5 Å². The second kappa shape index (κ2) is 5.85. The van der Waals surface area contributed by atoms with Crippen molar-refractivity contribution in [2.24, 2.45) is 0 Å². The summed E-state index contributed by atoms with van der Waals surface area (Å²) in [7, 11) is 0. The molecule has 0 aliphatic heterocycles. The van der Waals surface area contributed by atoms with Gasteiger partial charge in [0, 0.05) is 6.92 Å². The van der Waals surface area contributed by atoms with Gasteiger partial charge in [-0.3, -0.25) is 24.6 Å². The number of aromatic amines is 2. The average molecular weight is 259 g/mol. The Balaban J connectivity index is 0.00000162. The van der Waals surface area contributed by atoms with Crippen LogP contribution >= 0.6 is 0 Å². The van der Waals surface area contributed by atoms with Crippen molar-refractivity contribution < 1.29 is 9.63 Å². The zero-order chi connectivity index (χ0) is 12.4. The van der Waals surface area contributed by atoms with Gasteiger partial charge in [0.1, 0.15) is 0 Å². The van der Waals surface area contributed by atoms with Crippen molar-refractivity contribution in [1.82, 2.24) is 10.2 Å². The maximum atomic E-state index is 11.6. The molecule has 2 aromatic rings. The summed E-state index contributed by atoms with van der Waals surface area (Å²) in [6.07, 6.45) is 0. The second-order valence-electron chi connectivity index (χ2n) is 3.33. The summed E-state index contributed by atoms with van der Waals surface area (Å²) in [4.78, 5) is 38.3. The van der Waals surface area contributed by atoms with Crippen LogP contribution in [0.3, 0.4) is 0 Å². The maximum absolute atomic E-state index is 11.6. The van der Waals surface area contributed by atoms with Crippen LogP contribution in [0.5, 0.6) is 0 Å². The molecule has 0 bridgehead atoms. The third-order valence-corrected chi connectivity index (χ3v) is 2.13. The first kappa shape index (κ1) is 14.5. The van der Waals surface area contributed by atoms with Crippen LogP contribution in [0.15, 0.2) is 27.8 Å². The van der Waals surface area contributed by atoms with E-state index in [1.807, 2.05) is 0 Å². The average Bonchev–Trinajstić information content (AvgIpc) is 2.31. The van der Waals surface area contributed by atoms with Gasteiger partial charge in [-0.25, -0.2) is 5.48 Å². The predicted molar refractivity (Wildman–Crippen MR) is 67.7 cm³/mol. The number of rotatable bonds is 2. The summed E-state index contributed by atoms with van der Waals surface area (Å²) in [5.41, 5.74) is 1.69. The number of carbonyl (C=O) groups is 1. The van der Waals surface area contributed by atoms with E-state index in [2.05, 4.69) is 20.5 Å². The molecular formula is C10H10N3NaO4. The van der Waals surface area contributed by atoms with Crippen LogP contribution in [0.25, 0.3) is 10.8 Å². The summed E-state index contributed by atoms with van der Waals surface area (Å²) in [5, 5.41) is 4.75. The second-order valence-corrected chi connectivity index (χ2v) is 3.33. The van der Waals surface area contributed by atoms with Crippen molar-refractivity contribution in [3.8, 4) is 0 Å². The van der Waals surface area contributed by atoms with Crippen molar-refractivity contribution in [1.29, 1.82) is 0 Å². The molecule has 90 valence electrons. The number of hydrogen-bond acceptors (Lipinski definition) is 5. The van der Waals surface area contributed by atoms with Gasteiger partial charge in [-0.1, -0.05) is 6.07 Å². The van der Waals surface area contributed by atoms with Crippen molar-refractivity contribution in [2.75, 3.05) is 5.48 Å². The summed E-state index contributed by atoms with van der Waals surface area (Å²) in [6, 6.07) is 4.60. The molecule has 0 saturated carbocycles. The van der Waals surface area contributed by atoms with E-state index in [9.17, 15) is 14.4 Å². The first-order valence-electron chi connectivity index (χ1n) is 4.76. The van der Waals surface area contributed by atoms with Crippen LogP contribution in [-0.2, 0) is 9.63 Å². The number of H-pyrrole nitrogens is 2. The third kappa shape index (κ3) is 2.81. The topological polar surface area (TPSA) is 104 Å². The Bertz CT molecular complexity index is 691. The van der Waals surface area contributed by atoms with Gasteiger partial charge in [0.2, 0.25) is 0 Å². The minimum atomic E-state index is -0.553. The summed E-state index contributed by atoms with van der Waals surface area (Å²) in [5.74, 6) is -0.553. The van der Waals surface area contributed by atoms with Gasteiger partial charge in [0.05, 0.1) is 16.5 Å². The molecule has 8 heteroatoms. The fraction of sp³-hybridized carbons (Fsp3) is 0.100. The van der Waals surface area contributed by atoms with Gasteiger partial charge < -0.3 is 4.84 Å². The molecule has 3 N–H and O–H groups in total. The van der Waals surface area contributed by atoms with Gasteiger partial charge in [-0.2, -0.15) is 0 Å². The molecule has 2 rings (SSSR count).